The van der Waals surface area contributed by atoms with E-state index in [2.05, 4.69) is 123 Å². The maximum atomic E-state index is 12.8. The van der Waals surface area contributed by atoms with E-state index >= 15 is 0 Å². The third-order valence-corrected chi connectivity index (χ3v) is 11.1. The predicted molar refractivity (Wildman–Crippen MR) is 257 cm³/mol. The predicted octanol–water partition coefficient (Wildman–Crippen LogP) is 9.61. The van der Waals surface area contributed by atoms with Crippen molar-refractivity contribution in [1.29, 1.82) is 0 Å². The summed E-state index contributed by atoms with van der Waals surface area (Å²) in [5.74, 6) is -1.19. The van der Waals surface area contributed by atoms with Gasteiger partial charge in [-0.05, 0) is 96.3 Å². The standard InChI is InChI=1S/C51H81O13P/c1-3-5-7-9-11-13-15-17-19-21-22-24-25-27-29-31-33-35-37-39-44(52)61-41-43(42-62-65(59,60)64-51-49(57)47(55)46(54)48(56)50(51)58)63-45(53)40-38-36-34-32-30-28-26-23-20-18-16-14-12-10-8-6-4-2/h5,7-8,10-11,13-14,16-17,19-20,22-24,27-30,43,46-51,54-58H,3-4,6,9,12,15,18,21,25-26,31-42H2,1-2H3,(H,59,60)/b7-5+,10-8+,13-11+,16-14+,19-17+,23-20+,24-22+,29-27+,30-28+/t43-,46?,47-,48?,49?,50?,51?/m0/s1. The first-order chi connectivity index (χ1) is 31.4. The van der Waals surface area contributed by atoms with Crippen LogP contribution in [0.2, 0.25) is 0 Å². The molecule has 0 heterocycles. The summed E-state index contributed by atoms with van der Waals surface area (Å²) >= 11 is 0. The zero-order valence-electron chi connectivity index (χ0n) is 39.0. The maximum absolute atomic E-state index is 12.8. The van der Waals surface area contributed by atoms with Gasteiger partial charge in [-0.1, -0.05) is 142 Å². The molecule has 6 N–H and O–H groups in total. The van der Waals surface area contributed by atoms with E-state index in [1.54, 1.807) is 0 Å². The molecule has 13 nitrogen and oxygen atoms in total. The van der Waals surface area contributed by atoms with Gasteiger partial charge in [0.25, 0.3) is 0 Å². The van der Waals surface area contributed by atoms with Gasteiger partial charge >= 0.3 is 19.8 Å². The summed E-state index contributed by atoms with van der Waals surface area (Å²) in [6.07, 6.45) is 41.3. The molecule has 1 rings (SSSR count). The number of hydrogen-bond acceptors (Lipinski definition) is 12. The Labute approximate surface area is 389 Å². The second-order valence-electron chi connectivity index (χ2n) is 15.9. The molecule has 0 spiro atoms. The van der Waals surface area contributed by atoms with E-state index < -0.39 is 75.7 Å². The van der Waals surface area contributed by atoms with Gasteiger partial charge in [0, 0.05) is 12.8 Å². The molecule has 0 saturated heterocycles. The molecule has 0 aliphatic heterocycles. The molecule has 0 amide bonds. The minimum absolute atomic E-state index is 0.0442. The number of aliphatic hydroxyl groups excluding tert-OH is 5. The van der Waals surface area contributed by atoms with Gasteiger partial charge in [0.2, 0.25) is 0 Å². The van der Waals surface area contributed by atoms with Crippen LogP contribution in [0.4, 0.5) is 0 Å². The fourth-order valence-corrected chi connectivity index (χ4v) is 7.28. The molecule has 65 heavy (non-hydrogen) atoms. The van der Waals surface area contributed by atoms with E-state index in [9.17, 15) is 44.6 Å². The van der Waals surface area contributed by atoms with Crippen LogP contribution in [0.3, 0.4) is 0 Å². The molecule has 0 bridgehead atoms. The lowest BCUT2D eigenvalue weighted by atomic mass is 9.85. The molecule has 1 aliphatic carbocycles. The van der Waals surface area contributed by atoms with Crippen molar-refractivity contribution in [2.24, 2.45) is 0 Å². The van der Waals surface area contributed by atoms with Gasteiger partial charge < -0.3 is 39.9 Å². The van der Waals surface area contributed by atoms with Crippen LogP contribution in [0.5, 0.6) is 0 Å². The van der Waals surface area contributed by atoms with Crippen LogP contribution in [0.1, 0.15) is 142 Å². The lowest BCUT2D eigenvalue weighted by Gasteiger charge is -2.41. The molecule has 14 heteroatoms. The molecule has 0 aromatic rings. The molecule has 368 valence electrons. The second-order valence-corrected chi connectivity index (χ2v) is 17.3. The van der Waals surface area contributed by atoms with Crippen LogP contribution in [0.15, 0.2) is 109 Å². The summed E-state index contributed by atoms with van der Waals surface area (Å²) in [6, 6.07) is 0. The number of unbranched alkanes of at least 4 members (excludes halogenated alkanes) is 7. The zero-order valence-corrected chi connectivity index (χ0v) is 39.9. The number of esters is 2. The number of carbonyl (C=O) groups excluding carboxylic acids is 2. The molecule has 0 aromatic carbocycles. The average Bonchev–Trinajstić information content (AvgIpc) is 3.29. The highest BCUT2D eigenvalue weighted by Crippen LogP contribution is 2.47. The molecule has 1 aliphatic rings. The summed E-state index contributed by atoms with van der Waals surface area (Å²) in [7, 11) is -5.15. The van der Waals surface area contributed by atoms with E-state index in [4.69, 9.17) is 18.5 Å². The van der Waals surface area contributed by atoms with Crippen LogP contribution >= 0.6 is 7.82 Å². The second kappa shape index (κ2) is 39.7. The molecule has 8 atom stereocenters. The van der Waals surface area contributed by atoms with E-state index in [0.29, 0.717) is 12.8 Å². The lowest BCUT2D eigenvalue weighted by molar-refractivity contribution is -0.220. The number of rotatable bonds is 37. The summed E-state index contributed by atoms with van der Waals surface area (Å²) in [5, 5.41) is 50.2. The van der Waals surface area contributed by atoms with Crippen LogP contribution in [-0.2, 0) is 32.7 Å². The number of allylic oxidation sites excluding steroid dienone is 18. The molecule has 0 radical (unpaired) electrons. The summed E-state index contributed by atoms with van der Waals surface area (Å²) in [6.45, 7) is 3.05. The lowest BCUT2D eigenvalue weighted by Crippen LogP contribution is -2.64. The average molecular weight is 933 g/mol. The van der Waals surface area contributed by atoms with Gasteiger partial charge in [0.05, 0.1) is 6.61 Å². The number of ether oxygens (including phenoxy) is 2. The van der Waals surface area contributed by atoms with E-state index in [1.807, 2.05) is 0 Å². The third kappa shape index (κ3) is 32.0. The zero-order chi connectivity index (χ0) is 47.8. The van der Waals surface area contributed by atoms with Gasteiger partial charge in [0.1, 0.15) is 43.2 Å². The Bertz CT molecular complexity index is 1550. The number of phosphoric ester groups is 1. The number of hydrogen-bond donors (Lipinski definition) is 6. The number of phosphoric acid groups is 1. The Morgan fingerprint density at radius 3 is 1.31 bits per heavy atom. The smallest absolute Gasteiger partial charge is 0.462 e. The first kappa shape index (κ1) is 59.5. The molecular formula is C51H81O13P. The quantitative estimate of drug-likeness (QED) is 0.0149. The molecule has 0 aromatic heterocycles. The Morgan fingerprint density at radius 2 is 0.877 bits per heavy atom. The van der Waals surface area contributed by atoms with Gasteiger partial charge in [0.15, 0.2) is 6.10 Å². The maximum Gasteiger partial charge on any atom is 0.472 e. The van der Waals surface area contributed by atoms with E-state index in [-0.39, 0.29) is 12.8 Å². The van der Waals surface area contributed by atoms with Gasteiger partial charge in [-0.25, -0.2) is 4.57 Å². The molecular weight excluding hydrogens is 852 g/mol. The van der Waals surface area contributed by atoms with Crippen LogP contribution < -0.4 is 0 Å². The summed E-state index contributed by atoms with van der Waals surface area (Å²) in [4.78, 5) is 35.7. The fraction of sp³-hybridized carbons (Fsp3) is 0.608. The normalized spacial score (nSPS) is 22.4. The highest BCUT2D eigenvalue weighted by Gasteiger charge is 2.51. The highest BCUT2D eigenvalue weighted by atomic mass is 31.2. The number of aliphatic hydroxyl groups is 5. The van der Waals surface area contributed by atoms with Crippen LogP contribution in [-0.4, -0.2) is 98.3 Å². The Balaban J connectivity index is 2.51. The van der Waals surface area contributed by atoms with Crippen molar-refractivity contribution in [3.8, 4) is 0 Å². The minimum atomic E-state index is -5.15. The summed E-state index contributed by atoms with van der Waals surface area (Å²) < 4.78 is 33.5. The first-order valence-electron chi connectivity index (χ1n) is 23.7. The Hall–Kier alpha value is -3.49. The van der Waals surface area contributed by atoms with Crippen molar-refractivity contribution in [2.45, 2.75) is 185 Å². The Morgan fingerprint density at radius 1 is 0.492 bits per heavy atom. The molecule has 6 unspecified atom stereocenters. The van der Waals surface area contributed by atoms with Gasteiger partial charge in [-0.2, -0.15) is 0 Å². The molecule has 1 fully saturated rings. The fourth-order valence-electron chi connectivity index (χ4n) is 6.30. The van der Waals surface area contributed by atoms with Crippen molar-refractivity contribution < 1.29 is 63.1 Å². The van der Waals surface area contributed by atoms with Crippen molar-refractivity contribution >= 4 is 19.8 Å². The van der Waals surface area contributed by atoms with Crippen molar-refractivity contribution in [1.82, 2.24) is 0 Å². The highest BCUT2D eigenvalue weighted by molar-refractivity contribution is 7.47. The van der Waals surface area contributed by atoms with E-state index in [1.165, 1.54) is 0 Å². The minimum Gasteiger partial charge on any atom is -0.462 e. The van der Waals surface area contributed by atoms with Gasteiger partial charge in [-0.15, -0.1) is 0 Å². The summed E-state index contributed by atoms with van der Waals surface area (Å²) in [5.41, 5.74) is 0. The molecule has 1 saturated carbocycles. The topological polar surface area (TPSA) is 210 Å². The van der Waals surface area contributed by atoms with Gasteiger partial charge in [-0.3, -0.25) is 18.6 Å². The first-order valence-corrected chi connectivity index (χ1v) is 25.2. The largest absolute Gasteiger partial charge is 0.472 e. The van der Waals surface area contributed by atoms with Crippen LogP contribution in [0, 0.1) is 0 Å². The third-order valence-electron chi connectivity index (χ3n) is 10.1. The Kier molecular flexibility index (Phi) is 36.3. The van der Waals surface area contributed by atoms with Crippen molar-refractivity contribution in [3.05, 3.63) is 109 Å². The SMILES string of the molecule is CC/C=C/C/C=C/C/C=C/C/C=C/C/C=C/CCCCCC(=O)OC[C@@H](COP(=O)(O)OC1C(O)C(O)C(O)[C@H](O)C1O)OC(=O)CCCCC/C=C/C/C=C/C/C=C/C/C=C/CCC. The number of carbonyl (C=O) groups is 2. The van der Waals surface area contributed by atoms with Crippen molar-refractivity contribution in [3.63, 3.8) is 0 Å². The monoisotopic (exact) mass is 933 g/mol. The van der Waals surface area contributed by atoms with Crippen LogP contribution in [0.25, 0.3) is 0 Å². The van der Waals surface area contributed by atoms with Crippen molar-refractivity contribution in [2.75, 3.05) is 13.2 Å². The van der Waals surface area contributed by atoms with E-state index in [0.717, 1.165) is 103 Å².